The van der Waals surface area contributed by atoms with E-state index in [1.807, 2.05) is 25.1 Å². The van der Waals surface area contributed by atoms with Crippen molar-refractivity contribution in [2.45, 2.75) is 26.3 Å². The normalized spacial score (nSPS) is 15.6. The monoisotopic (exact) mass is 263 g/mol. The van der Waals surface area contributed by atoms with E-state index in [2.05, 4.69) is 15.6 Å². The Labute approximate surface area is 111 Å². The molecule has 1 heterocycles. The summed E-state index contributed by atoms with van der Waals surface area (Å²) in [5.74, 6) is -0.840. The van der Waals surface area contributed by atoms with Crippen molar-refractivity contribution in [3.63, 3.8) is 0 Å². The molecule has 6 heteroatoms. The highest BCUT2D eigenvalue weighted by Gasteiger charge is 2.50. The predicted molar refractivity (Wildman–Crippen MR) is 68.5 cm³/mol. The van der Waals surface area contributed by atoms with Crippen LogP contribution in [0.5, 0.6) is 0 Å². The highest BCUT2D eigenvalue weighted by molar-refractivity contribution is 5.80. The smallest absolute Gasteiger partial charge is 0.315 e. The van der Waals surface area contributed by atoms with Crippen LogP contribution in [0.2, 0.25) is 0 Å². The van der Waals surface area contributed by atoms with Gasteiger partial charge in [-0.25, -0.2) is 4.79 Å². The third-order valence-electron chi connectivity index (χ3n) is 3.27. The van der Waals surface area contributed by atoms with Crippen molar-refractivity contribution in [3.05, 3.63) is 29.6 Å². The zero-order chi connectivity index (χ0) is 13.9. The van der Waals surface area contributed by atoms with Crippen LogP contribution in [0.1, 0.15) is 24.2 Å². The minimum atomic E-state index is -0.840. The number of hydrogen-bond donors (Lipinski definition) is 3. The van der Waals surface area contributed by atoms with Gasteiger partial charge in [0.2, 0.25) is 0 Å². The molecule has 6 nitrogen and oxygen atoms in total. The number of rotatable bonds is 5. The molecule has 2 rings (SSSR count). The first-order chi connectivity index (χ1) is 9.02. The van der Waals surface area contributed by atoms with Crippen LogP contribution < -0.4 is 10.6 Å². The molecule has 1 aromatic rings. The summed E-state index contributed by atoms with van der Waals surface area (Å²) in [6.07, 6.45) is 1.25. The van der Waals surface area contributed by atoms with E-state index in [4.69, 9.17) is 5.11 Å². The van der Waals surface area contributed by atoms with E-state index in [0.717, 1.165) is 11.4 Å². The number of urea groups is 1. The number of hydrogen-bond acceptors (Lipinski definition) is 3. The van der Waals surface area contributed by atoms with E-state index in [-0.39, 0.29) is 12.6 Å². The van der Waals surface area contributed by atoms with Crippen molar-refractivity contribution in [2.75, 3.05) is 6.54 Å². The fourth-order valence-corrected chi connectivity index (χ4v) is 1.80. The van der Waals surface area contributed by atoms with Gasteiger partial charge in [0.1, 0.15) is 0 Å². The highest BCUT2D eigenvalue weighted by Crippen LogP contribution is 2.45. The van der Waals surface area contributed by atoms with Gasteiger partial charge in [-0.2, -0.15) is 0 Å². The van der Waals surface area contributed by atoms with Crippen LogP contribution in [0.4, 0.5) is 4.79 Å². The van der Waals surface area contributed by atoms with Crippen molar-refractivity contribution < 1.29 is 14.7 Å². The van der Waals surface area contributed by atoms with Gasteiger partial charge in [-0.15, -0.1) is 0 Å². The van der Waals surface area contributed by atoms with Gasteiger partial charge in [-0.05, 0) is 31.9 Å². The third-order valence-corrected chi connectivity index (χ3v) is 3.27. The minimum absolute atomic E-state index is 0.176. The van der Waals surface area contributed by atoms with Gasteiger partial charge in [0.25, 0.3) is 0 Å². The fraction of sp³-hybridized carbons (Fsp3) is 0.462. The summed E-state index contributed by atoms with van der Waals surface area (Å²) < 4.78 is 0. The van der Waals surface area contributed by atoms with Gasteiger partial charge in [0, 0.05) is 12.2 Å². The number of aryl methyl sites for hydroxylation is 1. The van der Waals surface area contributed by atoms with Crippen LogP contribution in [0.25, 0.3) is 0 Å². The molecule has 1 saturated carbocycles. The molecule has 0 atom stereocenters. The molecule has 0 saturated heterocycles. The third kappa shape index (κ3) is 3.43. The first kappa shape index (κ1) is 13.3. The summed E-state index contributed by atoms with van der Waals surface area (Å²) in [6, 6.07) is 5.22. The largest absolute Gasteiger partial charge is 0.481 e. The van der Waals surface area contributed by atoms with E-state index in [9.17, 15) is 9.59 Å². The Hall–Kier alpha value is -2.11. The second-order valence-electron chi connectivity index (χ2n) is 4.89. The van der Waals surface area contributed by atoms with Crippen molar-refractivity contribution in [2.24, 2.45) is 5.41 Å². The molecule has 2 amide bonds. The van der Waals surface area contributed by atoms with E-state index < -0.39 is 11.4 Å². The number of aromatic nitrogens is 1. The summed E-state index contributed by atoms with van der Waals surface area (Å²) in [4.78, 5) is 26.7. The second kappa shape index (κ2) is 5.26. The molecule has 1 fully saturated rings. The van der Waals surface area contributed by atoms with Crippen molar-refractivity contribution >= 4 is 12.0 Å². The maximum absolute atomic E-state index is 11.6. The van der Waals surface area contributed by atoms with E-state index in [1.165, 1.54) is 0 Å². The standard InChI is InChI=1S/C13H17N3O3/c1-9-3-2-4-10(16-9)7-14-12(19)15-8-13(5-6-13)11(17)18/h2-4H,5-8H2,1H3,(H,17,18)(H2,14,15,19). The first-order valence-electron chi connectivity index (χ1n) is 6.19. The number of carbonyl (C=O) groups excluding carboxylic acids is 1. The summed E-state index contributed by atoms with van der Waals surface area (Å²) in [5.41, 5.74) is 0.927. The maximum atomic E-state index is 11.6. The lowest BCUT2D eigenvalue weighted by molar-refractivity contribution is -0.143. The van der Waals surface area contributed by atoms with Crippen LogP contribution in [0.15, 0.2) is 18.2 Å². The number of pyridine rings is 1. The average Bonchev–Trinajstić information content (AvgIpc) is 3.15. The average molecular weight is 263 g/mol. The molecule has 19 heavy (non-hydrogen) atoms. The zero-order valence-electron chi connectivity index (χ0n) is 10.8. The number of nitrogens with one attached hydrogen (secondary N) is 2. The Balaban J connectivity index is 1.75. The Morgan fingerprint density at radius 2 is 2.11 bits per heavy atom. The Morgan fingerprint density at radius 1 is 1.37 bits per heavy atom. The van der Waals surface area contributed by atoms with Crippen molar-refractivity contribution in [3.8, 4) is 0 Å². The van der Waals surface area contributed by atoms with E-state index in [0.29, 0.717) is 19.4 Å². The Bertz CT molecular complexity index is 498. The molecule has 0 unspecified atom stereocenters. The molecule has 1 aliphatic rings. The first-order valence-corrected chi connectivity index (χ1v) is 6.19. The van der Waals surface area contributed by atoms with Crippen LogP contribution in [-0.2, 0) is 11.3 Å². The number of amides is 2. The molecule has 0 bridgehead atoms. The number of carbonyl (C=O) groups is 2. The second-order valence-corrected chi connectivity index (χ2v) is 4.89. The number of aliphatic carboxylic acids is 1. The minimum Gasteiger partial charge on any atom is -0.481 e. The molecule has 0 spiro atoms. The lowest BCUT2D eigenvalue weighted by atomic mass is 10.1. The highest BCUT2D eigenvalue weighted by atomic mass is 16.4. The number of carboxylic acids is 1. The predicted octanol–water partition coefficient (Wildman–Crippen LogP) is 1.05. The molecular formula is C13H17N3O3. The molecular weight excluding hydrogens is 246 g/mol. The van der Waals surface area contributed by atoms with Gasteiger partial charge in [0.15, 0.2) is 0 Å². The van der Waals surface area contributed by atoms with Crippen LogP contribution in [0, 0.1) is 12.3 Å². The van der Waals surface area contributed by atoms with E-state index in [1.54, 1.807) is 0 Å². The topological polar surface area (TPSA) is 91.3 Å². The van der Waals surface area contributed by atoms with Crippen LogP contribution in [-0.4, -0.2) is 28.6 Å². The lowest BCUT2D eigenvalue weighted by Gasteiger charge is -2.12. The van der Waals surface area contributed by atoms with Crippen LogP contribution in [0.3, 0.4) is 0 Å². The molecule has 3 N–H and O–H groups in total. The van der Waals surface area contributed by atoms with Crippen molar-refractivity contribution in [1.82, 2.24) is 15.6 Å². The fourth-order valence-electron chi connectivity index (χ4n) is 1.80. The van der Waals surface area contributed by atoms with E-state index >= 15 is 0 Å². The number of nitrogens with zero attached hydrogens (tertiary/aromatic N) is 1. The van der Waals surface area contributed by atoms with Crippen molar-refractivity contribution in [1.29, 1.82) is 0 Å². The Kier molecular flexibility index (Phi) is 3.69. The maximum Gasteiger partial charge on any atom is 0.315 e. The van der Waals surface area contributed by atoms with Gasteiger partial charge in [-0.1, -0.05) is 6.07 Å². The van der Waals surface area contributed by atoms with Gasteiger partial charge in [-0.3, -0.25) is 9.78 Å². The van der Waals surface area contributed by atoms with Gasteiger partial charge < -0.3 is 15.7 Å². The molecule has 1 aliphatic carbocycles. The van der Waals surface area contributed by atoms with Crippen LogP contribution >= 0.6 is 0 Å². The SMILES string of the molecule is Cc1cccc(CNC(=O)NCC2(C(=O)O)CC2)n1. The summed E-state index contributed by atoms with van der Waals surface area (Å²) in [6.45, 7) is 2.39. The Morgan fingerprint density at radius 3 is 2.68 bits per heavy atom. The summed E-state index contributed by atoms with van der Waals surface area (Å²) in [7, 11) is 0. The molecule has 102 valence electrons. The van der Waals surface area contributed by atoms with Gasteiger partial charge in [0.05, 0.1) is 17.7 Å². The molecule has 1 aromatic heterocycles. The quantitative estimate of drug-likeness (QED) is 0.740. The zero-order valence-corrected chi connectivity index (χ0v) is 10.8. The molecule has 0 radical (unpaired) electrons. The molecule has 0 aliphatic heterocycles. The summed E-state index contributed by atoms with van der Waals surface area (Å²) in [5, 5.41) is 14.2. The lowest BCUT2D eigenvalue weighted by Crippen LogP contribution is -2.40. The molecule has 0 aromatic carbocycles. The van der Waals surface area contributed by atoms with Gasteiger partial charge >= 0.3 is 12.0 Å². The number of carboxylic acid groups (broad SMARTS) is 1. The summed E-state index contributed by atoms with van der Waals surface area (Å²) >= 11 is 0.